The maximum absolute atomic E-state index is 13.3. The predicted molar refractivity (Wildman–Crippen MR) is 115 cm³/mol. The molecule has 0 aliphatic rings. The normalized spacial score (nSPS) is 11.0. The third kappa shape index (κ3) is 3.94. The fourth-order valence-corrected chi connectivity index (χ4v) is 3.76. The van der Waals surface area contributed by atoms with Crippen molar-refractivity contribution in [3.05, 3.63) is 75.0 Å². The van der Waals surface area contributed by atoms with Crippen LogP contribution in [0.5, 0.6) is 5.75 Å². The molecule has 0 bridgehead atoms. The van der Waals surface area contributed by atoms with E-state index in [1.807, 2.05) is 0 Å². The van der Waals surface area contributed by atoms with Gasteiger partial charge in [0.25, 0.3) is 5.91 Å². The number of methoxy groups -OCH3 is 1. The Bertz CT molecular complexity index is 1270. The Morgan fingerprint density at radius 2 is 1.77 bits per heavy atom. The van der Waals surface area contributed by atoms with Crippen LogP contribution in [0.15, 0.2) is 52.9 Å². The number of oxazole rings is 1. The number of carbonyl (C=O) groups is 1. The van der Waals surface area contributed by atoms with Crippen LogP contribution in [0.4, 0.5) is 10.1 Å². The zero-order chi connectivity index (χ0) is 21.4. The van der Waals surface area contributed by atoms with Crippen LogP contribution >= 0.6 is 34.8 Å². The number of halogens is 4. The maximum atomic E-state index is 13.3. The van der Waals surface area contributed by atoms with Crippen LogP contribution in [0.1, 0.15) is 10.4 Å². The van der Waals surface area contributed by atoms with E-state index in [4.69, 9.17) is 44.0 Å². The van der Waals surface area contributed by atoms with E-state index in [1.165, 1.54) is 37.4 Å². The van der Waals surface area contributed by atoms with Crippen molar-refractivity contribution in [1.29, 1.82) is 0 Å². The highest BCUT2D eigenvalue weighted by molar-refractivity contribution is 6.38. The van der Waals surface area contributed by atoms with Crippen molar-refractivity contribution in [2.24, 2.45) is 0 Å². The average Bonchev–Trinajstić information content (AvgIpc) is 3.10. The molecule has 0 fully saturated rings. The highest BCUT2D eigenvalue weighted by atomic mass is 35.5. The SMILES string of the molecule is COc1c(Cl)cc(C(=O)Nc2ccc3oc(-c4ccc(F)cc4Cl)nc3c2)cc1Cl. The lowest BCUT2D eigenvalue weighted by molar-refractivity contribution is 0.102. The molecule has 4 rings (SSSR count). The summed E-state index contributed by atoms with van der Waals surface area (Å²) in [6.07, 6.45) is 0. The van der Waals surface area contributed by atoms with Gasteiger partial charge < -0.3 is 14.5 Å². The van der Waals surface area contributed by atoms with Crippen molar-refractivity contribution in [3.8, 4) is 17.2 Å². The predicted octanol–water partition coefficient (Wildman–Crippen LogP) is 6.86. The Hall–Kier alpha value is -2.80. The number of amides is 1. The summed E-state index contributed by atoms with van der Waals surface area (Å²) in [7, 11) is 1.44. The minimum Gasteiger partial charge on any atom is -0.494 e. The molecule has 1 amide bonds. The van der Waals surface area contributed by atoms with E-state index in [-0.39, 0.29) is 26.5 Å². The van der Waals surface area contributed by atoms with Gasteiger partial charge in [0.1, 0.15) is 11.3 Å². The number of aromatic nitrogens is 1. The zero-order valence-electron chi connectivity index (χ0n) is 15.3. The Labute approximate surface area is 185 Å². The third-order valence-electron chi connectivity index (χ3n) is 4.27. The molecule has 0 unspecified atom stereocenters. The first-order chi connectivity index (χ1) is 14.4. The number of nitrogens with one attached hydrogen (secondary N) is 1. The highest BCUT2D eigenvalue weighted by Gasteiger charge is 2.16. The van der Waals surface area contributed by atoms with E-state index >= 15 is 0 Å². The first-order valence-electron chi connectivity index (χ1n) is 8.56. The van der Waals surface area contributed by atoms with Gasteiger partial charge in [-0.15, -0.1) is 0 Å². The fraction of sp³-hybridized carbons (Fsp3) is 0.0476. The summed E-state index contributed by atoms with van der Waals surface area (Å²) in [5.41, 5.74) is 2.20. The van der Waals surface area contributed by atoms with E-state index in [2.05, 4.69) is 10.3 Å². The molecule has 30 heavy (non-hydrogen) atoms. The Morgan fingerprint density at radius 1 is 1.03 bits per heavy atom. The molecule has 1 aromatic heterocycles. The number of ether oxygens (including phenoxy) is 1. The van der Waals surface area contributed by atoms with Gasteiger partial charge in [-0.2, -0.15) is 0 Å². The standard InChI is InChI=1S/C21H12Cl3FN2O3/c1-29-19-15(23)6-10(7-16(19)24)20(28)26-12-3-5-18-17(9-12)27-21(30-18)13-4-2-11(25)8-14(13)22/h2-9H,1H3,(H,26,28). The number of carbonyl (C=O) groups excluding carboxylic acids is 1. The molecule has 1 N–H and O–H groups in total. The van der Waals surface area contributed by atoms with Gasteiger partial charge in [-0.1, -0.05) is 34.8 Å². The summed E-state index contributed by atoms with van der Waals surface area (Å²) in [4.78, 5) is 17.0. The van der Waals surface area contributed by atoms with Crippen molar-refractivity contribution < 1.29 is 18.3 Å². The molecule has 5 nitrogen and oxygen atoms in total. The second-order valence-corrected chi connectivity index (χ2v) is 7.47. The number of hydrogen-bond acceptors (Lipinski definition) is 4. The van der Waals surface area contributed by atoms with E-state index in [0.29, 0.717) is 28.1 Å². The lowest BCUT2D eigenvalue weighted by atomic mass is 10.2. The Kier molecular flexibility index (Phi) is 5.56. The first kappa shape index (κ1) is 20.5. The number of hydrogen-bond donors (Lipinski definition) is 1. The van der Waals surface area contributed by atoms with Crippen LogP contribution in [0.2, 0.25) is 15.1 Å². The number of fused-ring (bicyclic) bond motifs is 1. The molecule has 0 aliphatic heterocycles. The Balaban J connectivity index is 1.62. The van der Waals surface area contributed by atoms with E-state index in [1.54, 1.807) is 18.2 Å². The van der Waals surface area contributed by atoms with Gasteiger partial charge in [-0.05, 0) is 48.5 Å². The molecule has 1 heterocycles. The number of anilines is 1. The van der Waals surface area contributed by atoms with E-state index in [0.717, 1.165) is 0 Å². The van der Waals surface area contributed by atoms with Gasteiger partial charge in [0.05, 0.1) is 27.7 Å². The van der Waals surface area contributed by atoms with Crippen LogP contribution in [0.25, 0.3) is 22.6 Å². The molecule has 3 aromatic carbocycles. The zero-order valence-corrected chi connectivity index (χ0v) is 17.6. The lowest BCUT2D eigenvalue weighted by Gasteiger charge is -2.09. The molecular formula is C21H12Cl3FN2O3. The van der Waals surface area contributed by atoms with Gasteiger partial charge in [-0.3, -0.25) is 4.79 Å². The van der Waals surface area contributed by atoms with Gasteiger partial charge in [0, 0.05) is 11.3 Å². The molecule has 0 saturated heterocycles. The Morgan fingerprint density at radius 3 is 2.43 bits per heavy atom. The summed E-state index contributed by atoms with van der Waals surface area (Å²) < 4.78 is 24.1. The minimum absolute atomic E-state index is 0.184. The number of nitrogens with zero attached hydrogens (tertiary/aromatic N) is 1. The van der Waals surface area contributed by atoms with Crippen molar-refractivity contribution in [2.75, 3.05) is 12.4 Å². The molecule has 0 radical (unpaired) electrons. The molecule has 4 aromatic rings. The van der Waals surface area contributed by atoms with Crippen LogP contribution in [-0.4, -0.2) is 18.0 Å². The van der Waals surface area contributed by atoms with Crippen molar-refractivity contribution >= 4 is 57.5 Å². The summed E-state index contributed by atoms with van der Waals surface area (Å²) in [6.45, 7) is 0. The minimum atomic E-state index is -0.455. The average molecular weight is 466 g/mol. The molecule has 0 atom stereocenters. The highest BCUT2D eigenvalue weighted by Crippen LogP contribution is 2.34. The quantitative estimate of drug-likeness (QED) is 0.358. The lowest BCUT2D eigenvalue weighted by Crippen LogP contribution is -2.12. The van der Waals surface area contributed by atoms with Crippen LogP contribution in [0, 0.1) is 5.82 Å². The molecule has 9 heteroatoms. The largest absolute Gasteiger partial charge is 0.494 e. The molecular weight excluding hydrogens is 454 g/mol. The van der Waals surface area contributed by atoms with E-state index < -0.39 is 11.7 Å². The maximum Gasteiger partial charge on any atom is 0.255 e. The molecule has 0 aliphatic carbocycles. The van der Waals surface area contributed by atoms with E-state index in [9.17, 15) is 9.18 Å². The molecule has 0 spiro atoms. The summed E-state index contributed by atoms with van der Waals surface area (Å²) in [5.74, 6) is -0.326. The molecule has 152 valence electrons. The van der Waals surface area contributed by atoms with Crippen molar-refractivity contribution in [3.63, 3.8) is 0 Å². The van der Waals surface area contributed by atoms with Crippen LogP contribution in [-0.2, 0) is 0 Å². The monoisotopic (exact) mass is 464 g/mol. The van der Waals surface area contributed by atoms with Crippen LogP contribution in [0.3, 0.4) is 0 Å². The smallest absolute Gasteiger partial charge is 0.255 e. The second kappa shape index (κ2) is 8.14. The van der Waals surface area contributed by atoms with Crippen molar-refractivity contribution in [2.45, 2.75) is 0 Å². The first-order valence-corrected chi connectivity index (χ1v) is 9.69. The number of benzene rings is 3. The third-order valence-corrected chi connectivity index (χ3v) is 5.15. The van der Waals surface area contributed by atoms with Gasteiger partial charge in [0.2, 0.25) is 5.89 Å². The van der Waals surface area contributed by atoms with Gasteiger partial charge in [0.15, 0.2) is 11.3 Å². The summed E-state index contributed by atoms with van der Waals surface area (Å²) in [6, 6.07) is 11.8. The van der Waals surface area contributed by atoms with Crippen molar-refractivity contribution in [1.82, 2.24) is 4.98 Å². The summed E-state index contributed by atoms with van der Waals surface area (Å²) >= 11 is 18.3. The summed E-state index contributed by atoms with van der Waals surface area (Å²) in [5, 5.41) is 3.39. The van der Waals surface area contributed by atoms with Gasteiger partial charge in [-0.25, -0.2) is 9.37 Å². The topological polar surface area (TPSA) is 64.4 Å². The van der Waals surface area contributed by atoms with Crippen LogP contribution < -0.4 is 10.1 Å². The second-order valence-electron chi connectivity index (χ2n) is 6.25. The molecule has 0 saturated carbocycles. The number of rotatable bonds is 4. The van der Waals surface area contributed by atoms with Gasteiger partial charge >= 0.3 is 0 Å². The fourth-order valence-electron chi connectivity index (χ4n) is 2.87.